The highest BCUT2D eigenvalue weighted by atomic mass is 19.4. The first-order valence-electron chi connectivity index (χ1n) is 8.53. The van der Waals surface area contributed by atoms with Gasteiger partial charge in [0, 0.05) is 16.5 Å². The molecule has 1 aromatic heterocycles. The van der Waals surface area contributed by atoms with Gasteiger partial charge < -0.3 is 15.0 Å². The number of H-pyrrole nitrogens is 1. The number of aromatic amines is 1. The molecule has 0 spiro atoms. The van der Waals surface area contributed by atoms with E-state index in [0.717, 1.165) is 12.1 Å². The average Bonchev–Trinajstić information content (AvgIpc) is 3.04. The Balaban J connectivity index is 1.97. The fraction of sp³-hybridized carbons (Fsp3) is 0.200. The van der Waals surface area contributed by atoms with E-state index in [-0.39, 0.29) is 35.8 Å². The van der Waals surface area contributed by atoms with Crippen LogP contribution in [0.5, 0.6) is 0 Å². The van der Waals surface area contributed by atoms with Crippen LogP contribution < -0.4 is 5.32 Å². The quantitative estimate of drug-likeness (QED) is 0.474. The smallest absolute Gasteiger partial charge is 0.416 e. The molecule has 0 fully saturated rings. The standard InChI is InChI=1S/C20H17F3N2O3/c1-2-28-19(27)18-17(24-11-16(26)12-6-4-3-5-7-12)14-9-8-13(20(21,22)23)10-15(14)25-18/h3-10,24-25H,2,11H2,1H3. The highest BCUT2D eigenvalue weighted by molar-refractivity contribution is 6.08. The molecule has 2 aromatic carbocycles. The summed E-state index contributed by atoms with van der Waals surface area (Å²) >= 11 is 0. The number of benzene rings is 2. The molecule has 3 aromatic rings. The molecule has 0 aliphatic heterocycles. The summed E-state index contributed by atoms with van der Waals surface area (Å²) in [5.74, 6) is -0.946. The zero-order valence-electron chi connectivity index (χ0n) is 14.9. The molecule has 146 valence electrons. The van der Waals surface area contributed by atoms with E-state index in [1.807, 2.05) is 0 Å². The molecular formula is C20H17F3N2O3. The summed E-state index contributed by atoms with van der Waals surface area (Å²) in [6, 6.07) is 11.6. The normalized spacial score (nSPS) is 11.4. The fourth-order valence-corrected chi connectivity index (χ4v) is 2.81. The van der Waals surface area contributed by atoms with E-state index in [1.54, 1.807) is 37.3 Å². The van der Waals surface area contributed by atoms with E-state index < -0.39 is 17.7 Å². The summed E-state index contributed by atoms with van der Waals surface area (Å²) in [4.78, 5) is 27.2. The van der Waals surface area contributed by atoms with Crippen LogP contribution in [0.25, 0.3) is 10.9 Å². The van der Waals surface area contributed by atoms with E-state index in [2.05, 4.69) is 10.3 Å². The summed E-state index contributed by atoms with van der Waals surface area (Å²) in [5, 5.41) is 3.23. The molecule has 0 radical (unpaired) electrons. The van der Waals surface area contributed by atoms with Gasteiger partial charge in [0.05, 0.1) is 24.4 Å². The number of rotatable bonds is 6. The number of esters is 1. The number of anilines is 1. The topological polar surface area (TPSA) is 71.2 Å². The first-order valence-corrected chi connectivity index (χ1v) is 8.53. The number of carbonyl (C=O) groups excluding carboxylic acids is 2. The Morgan fingerprint density at radius 1 is 1.11 bits per heavy atom. The molecule has 8 heteroatoms. The molecular weight excluding hydrogens is 373 g/mol. The van der Waals surface area contributed by atoms with Gasteiger partial charge in [0.25, 0.3) is 0 Å². The van der Waals surface area contributed by atoms with Gasteiger partial charge in [-0.25, -0.2) is 4.79 Å². The zero-order chi connectivity index (χ0) is 20.3. The predicted octanol–water partition coefficient (Wildman–Crippen LogP) is 4.66. The third-order valence-corrected chi connectivity index (χ3v) is 4.13. The second kappa shape index (κ2) is 7.75. The van der Waals surface area contributed by atoms with E-state index in [0.29, 0.717) is 10.9 Å². The van der Waals surface area contributed by atoms with Crippen molar-refractivity contribution in [3.05, 3.63) is 65.4 Å². The maximum Gasteiger partial charge on any atom is 0.416 e. The van der Waals surface area contributed by atoms with Gasteiger partial charge in [-0.1, -0.05) is 36.4 Å². The maximum atomic E-state index is 13.0. The molecule has 2 N–H and O–H groups in total. The predicted molar refractivity (Wildman–Crippen MR) is 98.5 cm³/mol. The first kappa shape index (κ1) is 19.5. The van der Waals surface area contributed by atoms with E-state index in [9.17, 15) is 22.8 Å². The number of carbonyl (C=O) groups is 2. The summed E-state index contributed by atoms with van der Waals surface area (Å²) in [6.07, 6.45) is -4.51. The minimum absolute atomic E-state index is 0.0305. The van der Waals surface area contributed by atoms with Crippen molar-refractivity contribution < 1.29 is 27.5 Å². The van der Waals surface area contributed by atoms with Crippen LogP contribution in [0.4, 0.5) is 18.9 Å². The number of hydrogen-bond donors (Lipinski definition) is 2. The molecule has 1 heterocycles. The molecule has 0 amide bonds. The Labute approximate surface area is 158 Å². The van der Waals surface area contributed by atoms with Crippen LogP contribution in [-0.2, 0) is 10.9 Å². The lowest BCUT2D eigenvalue weighted by Gasteiger charge is -2.09. The van der Waals surface area contributed by atoms with Crippen molar-refractivity contribution in [3.8, 4) is 0 Å². The number of ether oxygens (including phenoxy) is 1. The maximum absolute atomic E-state index is 13.0. The number of alkyl halides is 3. The molecule has 0 bridgehead atoms. The van der Waals surface area contributed by atoms with Gasteiger partial charge in [-0.05, 0) is 19.1 Å². The van der Waals surface area contributed by atoms with Crippen LogP contribution >= 0.6 is 0 Å². The first-order chi connectivity index (χ1) is 13.3. The number of ketones is 1. The minimum Gasteiger partial charge on any atom is -0.461 e. The molecule has 0 unspecified atom stereocenters. The Morgan fingerprint density at radius 2 is 1.82 bits per heavy atom. The number of hydrogen-bond acceptors (Lipinski definition) is 4. The van der Waals surface area contributed by atoms with E-state index in [4.69, 9.17) is 4.74 Å². The van der Waals surface area contributed by atoms with Gasteiger partial charge in [0.15, 0.2) is 5.78 Å². The third-order valence-electron chi connectivity index (χ3n) is 4.13. The van der Waals surface area contributed by atoms with Crippen molar-refractivity contribution in [3.63, 3.8) is 0 Å². The highest BCUT2D eigenvalue weighted by Crippen LogP contribution is 2.35. The van der Waals surface area contributed by atoms with Crippen LogP contribution in [0, 0.1) is 0 Å². The molecule has 0 aliphatic carbocycles. The van der Waals surface area contributed by atoms with Gasteiger partial charge in [-0.2, -0.15) is 13.2 Å². The molecule has 28 heavy (non-hydrogen) atoms. The number of Topliss-reactive ketones (excluding diaryl/α,β-unsaturated/α-hetero) is 1. The summed E-state index contributed by atoms with van der Waals surface area (Å²) in [6.45, 7) is 1.59. The lowest BCUT2D eigenvalue weighted by molar-refractivity contribution is -0.137. The zero-order valence-corrected chi connectivity index (χ0v) is 14.9. The van der Waals surface area contributed by atoms with Crippen molar-refractivity contribution >= 4 is 28.3 Å². The van der Waals surface area contributed by atoms with Crippen LogP contribution in [-0.4, -0.2) is 29.9 Å². The Bertz CT molecular complexity index is 1010. The van der Waals surface area contributed by atoms with Gasteiger partial charge in [0.1, 0.15) is 5.69 Å². The number of halogens is 3. The van der Waals surface area contributed by atoms with Gasteiger partial charge >= 0.3 is 12.1 Å². The number of aromatic nitrogens is 1. The Morgan fingerprint density at radius 3 is 2.46 bits per heavy atom. The van der Waals surface area contributed by atoms with Crippen LogP contribution in [0.2, 0.25) is 0 Å². The van der Waals surface area contributed by atoms with Crippen LogP contribution in [0.15, 0.2) is 48.5 Å². The average molecular weight is 390 g/mol. The van der Waals surface area contributed by atoms with Crippen molar-refractivity contribution in [1.29, 1.82) is 0 Å². The summed E-state index contributed by atoms with van der Waals surface area (Å²) < 4.78 is 43.9. The molecule has 0 atom stereocenters. The Kier molecular flexibility index (Phi) is 5.39. The van der Waals surface area contributed by atoms with E-state index in [1.165, 1.54) is 6.07 Å². The van der Waals surface area contributed by atoms with Crippen LogP contribution in [0.1, 0.15) is 33.3 Å². The second-order valence-corrected chi connectivity index (χ2v) is 6.00. The largest absolute Gasteiger partial charge is 0.461 e. The summed E-state index contributed by atoms with van der Waals surface area (Å²) in [7, 11) is 0. The lowest BCUT2D eigenvalue weighted by Crippen LogP contribution is -2.16. The van der Waals surface area contributed by atoms with Crippen LogP contribution in [0.3, 0.4) is 0 Å². The summed E-state index contributed by atoms with van der Waals surface area (Å²) in [5.41, 5.74) is -0.0496. The molecule has 5 nitrogen and oxygen atoms in total. The van der Waals surface area contributed by atoms with Gasteiger partial charge in [0.2, 0.25) is 0 Å². The van der Waals surface area contributed by atoms with Gasteiger partial charge in [-0.3, -0.25) is 4.79 Å². The molecule has 3 rings (SSSR count). The van der Waals surface area contributed by atoms with Crippen molar-refractivity contribution in [1.82, 2.24) is 4.98 Å². The molecule has 0 aliphatic rings. The third kappa shape index (κ3) is 4.00. The Hall–Kier alpha value is -3.29. The number of fused-ring (bicyclic) bond motifs is 1. The number of nitrogens with one attached hydrogen (secondary N) is 2. The van der Waals surface area contributed by atoms with Crippen molar-refractivity contribution in [2.45, 2.75) is 13.1 Å². The molecule has 0 saturated carbocycles. The van der Waals surface area contributed by atoms with Crippen molar-refractivity contribution in [2.75, 3.05) is 18.5 Å². The second-order valence-electron chi connectivity index (χ2n) is 6.00. The lowest BCUT2D eigenvalue weighted by atomic mass is 10.1. The highest BCUT2D eigenvalue weighted by Gasteiger charge is 2.31. The van der Waals surface area contributed by atoms with Gasteiger partial charge in [-0.15, -0.1) is 0 Å². The minimum atomic E-state index is -4.51. The van der Waals surface area contributed by atoms with Crippen molar-refractivity contribution in [2.24, 2.45) is 0 Å². The monoisotopic (exact) mass is 390 g/mol. The fourth-order valence-electron chi connectivity index (χ4n) is 2.81. The molecule has 0 saturated heterocycles. The van der Waals surface area contributed by atoms with E-state index >= 15 is 0 Å². The SMILES string of the molecule is CCOC(=O)c1[nH]c2cc(C(F)(F)F)ccc2c1NCC(=O)c1ccccc1.